The summed E-state index contributed by atoms with van der Waals surface area (Å²) in [5.74, 6) is 0.733. The van der Waals surface area contributed by atoms with Crippen molar-refractivity contribution < 1.29 is 13.9 Å². The SMILES string of the molecule is COc1cc(Cn2cncc2CC(=O)N2Cc3nc(-c4ccccc4Br)cn3Cc3c(F)cccc32)ccc1N. The van der Waals surface area contributed by atoms with E-state index in [4.69, 9.17) is 15.5 Å². The third-order valence-corrected chi connectivity index (χ3v) is 7.80. The van der Waals surface area contributed by atoms with Gasteiger partial charge in [0.25, 0.3) is 0 Å². The number of rotatable bonds is 6. The van der Waals surface area contributed by atoms with Crippen LogP contribution in [0.3, 0.4) is 0 Å². The quantitative estimate of drug-likeness (QED) is 0.263. The Morgan fingerprint density at radius 2 is 1.98 bits per heavy atom. The number of nitrogen functional groups attached to an aromatic ring is 1. The van der Waals surface area contributed by atoms with E-state index in [0.717, 1.165) is 27.0 Å². The van der Waals surface area contributed by atoms with Crippen molar-refractivity contribution in [2.24, 2.45) is 0 Å². The Balaban J connectivity index is 1.31. The number of hydrogen-bond donors (Lipinski definition) is 1. The number of methoxy groups -OCH3 is 1. The lowest BCUT2D eigenvalue weighted by molar-refractivity contribution is -0.118. The lowest BCUT2D eigenvalue weighted by Gasteiger charge is -2.23. The summed E-state index contributed by atoms with van der Waals surface area (Å²) >= 11 is 3.59. The molecule has 1 aliphatic heterocycles. The predicted octanol–water partition coefficient (Wildman–Crippen LogP) is 5.42. The summed E-state index contributed by atoms with van der Waals surface area (Å²) in [5.41, 5.74) is 10.9. The second-order valence-electron chi connectivity index (χ2n) is 9.63. The van der Waals surface area contributed by atoms with E-state index in [1.807, 2.05) is 51.7 Å². The van der Waals surface area contributed by atoms with Crippen molar-refractivity contribution in [3.63, 3.8) is 0 Å². The van der Waals surface area contributed by atoms with Gasteiger partial charge in [0, 0.05) is 40.2 Å². The van der Waals surface area contributed by atoms with Crippen molar-refractivity contribution >= 4 is 33.2 Å². The second kappa shape index (κ2) is 10.6. The van der Waals surface area contributed by atoms with Gasteiger partial charge in [-0.25, -0.2) is 14.4 Å². The molecule has 0 saturated carbocycles. The van der Waals surface area contributed by atoms with Crippen molar-refractivity contribution in [1.29, 1.82) is 0 Å². The summed E-state index contributed by atoms with van der Waals surface area (Å²) < 4.78 is 25.2. The molecule has 1 aliphatic rings. The number of carbonyl (C=O) groups is 1. The number of anilines is 2. The molecule has 1 amide bonds. The van der Waals surface area contributed by atoms with Crippen LogP contribution in [0.2, 0.25) is 0 Å². The fourth-order valence-corrected chi connectivity index (χ4v) is 5.52. The fourth-order valence-electron chi connectivity index (χ4n) is 5.03. The number of halogens is 2. The highest BCUT2D eigenvalue weighted by Crippen LogP contribution is 2.33. The molecule has 3 heterocycles. The van der Waals surface area contributed by atoms with Gasteiger partial charge in [0.1, 0.15) is 17.4 Å². The van der Waals surface area contributed by atoms with Gasteiger partial charge in [0.05, 0.1) is 50.0 Å². The highest BCUT2D eigenvalue weighted by atomic mass is 79.9. The van der Waals surface area contributed by atoms with Gasteiger partial charge >= 0.3 is 0 Å². The molecular formula is C30H26BrFN6O2. The molecule has 0 saturated heterocycles. The van der Waals surface area contributed by atoms with E-state index in [1.165, 1.54) is 6.07 Å². The van der Waals surface area contributed by atoms with Crippen LogP contribution in [0.4, 0.5) is 15.8 Å². The molecular weight excluding hydrogens is 575 g/mol. The Morgan fingerprint density at radius 1 is 1.12 bits per heavy atom. The Morgan fingerprint density at radius 3 is 2.80 bits per heavy atom. The van der Waals surface area contributed by atoms with Crippen LogP contribution < -0.4 is 15.4 Å². The van der Waals surface area contributed by atoms with Gasteiger partial charge in [-0.2, -0.15) is 0 Å². The lowest BCUT2D eigenvalue weighted by atomic mass is 10.1. The minimum atomic E-state index is -0.360. The van der Waals surface area contributed by atoms with Gasteiger partial charge < -0.3 is 24.5 Å². The third-order valence-electron chi connectivity index (χ3n) is 7.10. The fraction of sp³-hybridized carbons (Fsp3) is 0.167. The number of hydrogen-bond acceptors (Lipinski definition) is 5. The Labute approximate surface area is 239 Å². The summed E-state index contributed by atoms with van der Waals surface area (Å²) in [7, 11) is 1.57. The van der Waals surface area contributed by atoms with Gasteiger partial charge in [-0.3, -0.25) is 4.79 Å². The number of amides is 1. The molecule has 10 heteroatoms. The molecule has 2 aromatic heterocycles. The molecule has 0 unspecified atom stereocenters. The number of benzene rings is 3. The standard InChI is InChI=1S/C30H26BrFN6O2/c1-40-28-11-19(9-10-25(28)33)14-37-18-34-13-20(37)12-30(39)38-17-29-35-26(21-5-2-3-6-23(21)31)16-36(29)15-22-24(32)7-4-8-27(22)38/h2-11,13,16,18H,12,14-15,17,33H2,1H3. The first-order chi connectivity index (χ1) is 19.4. The molecule has 2 N–H and O–H groups in total. The summed E-state index contributed by atoms with van der Waals surface area (Å²) in [6.07, 6.45) is 5.37. The maximum absolute atomic E-state index is 15.1. The van der Waals surface area contributed by atoms with Crippen molar-refractivity contribution in [1.82, 2.24) is 19.1 Å². The largest absolute Gasteiger partial charge is 0.495 e. The van der Waals surface area contributed by atoms with Crippen LogP contribution in [0.15, 0.2) is 83.9 Å². The molecule has 8 nitrogen and oxygen atoms in total. The third kappa shape index (κ3) is 4.86. The molecule has 0 radical (unpaired) electrons. The van der Waals surface area contributed by atoms with Gasteiger partial charge in [-0.15, -0.1) is 0 Å². The maximum Gasteiger partial charge on any atom is 0.233 e. The first kappa shape index (κ1) is 25.8. The van der Waals surface area contributed by atoms with Crippen LogP contribution in [-0.4, -0.2) is 32.1 Å². The van der Waals surface area contributed by atoms with E-state index in [1.54, 1.807) is 42.7 Å². The monoisotopic (exact) mass is 600 g/mol. The lowest BCUT2D eigenvalue weighted by Crippen LogP contribution is -2.33. The maximum atomic E-state index is 15.1. The van der Waals surface area contributed by atoms with E-state index in [0.29, 0.717) is 35.1 Å². The molecule has 6 rings (SSSR count). The molecule has 3 aromatic carbocycles. The van der Waals surface area contributed by atoms with Gasteiger partial charge in [0.2, 0.25) is 5.91 Å². The van der Waals surface area contributed by atoms with Crippen LogP contribution in [-0.2, 0) is 30.8 Å². The van der Waals surface area contributed by atoms with Gasteiger partial charge in [-0.05, 0) is 35.9 Å². The van der Waals surface area contributed by atoms with Gasteiger partial charge in [0.15, 0.2) is 0 Å². The van der Waals surface area contributed by atoms with E-state index < -0.39 is 0 Å². The molecule has 0 fully saturated rings. The summed E-state index contributed by atoms with van der Waals surface area (Å²) in [6, 6.07) is 18.2. The minimum absolute atomic E-state index is 0.0832. The molecule has 0 bridgehead atoms. The van der Waals surface area contributed by atoms with Crippen LogP contribution in [0.25, 0.3) is 11.3 Å². The number of aromatic nitrogens is 4. The number of imidazole rings is 2. The Kier molecular flexibility index (Phi) is 6.85. The van der Waals surface area contributed by atoms with Crippen molar-refractivity contribution in [2.75, 3.05) is 17.7 Å². The number of carbonyl (C=O) groups excluding carboxylic acids is 1. The predicted molar refractivity (Wildman–Crippen MR) is 154 cm³/mol. The summed E-state index contributed by atoms with van der Waals surface area (Å²) in [6.45, 7) is 0.975. The average Bonchev–Trinajstić information content (AvgIpc) is 3.52. The first-order valence-electron chi connectivity index (χ1n) is 12.7. The highest BCUT2D eigenvalue weighted by molar-refractivity contribution is 9.10. The number of ether oxygens (including phenoxy) is 1. The molecule has 0 atom stereocenters. The summed E-state index contributed by atoms with van der Waals surface area (Å²) in [4.78, 5) is 24.6. The average molecular weight is 601 g/mol. The van der Waals surface area contributed by atoms with Crippen molar-refractivity contribution in [3.05, 3.63) is 112 Å². The van der Waals surface area contributed by atoms with Crippen LogP contribution in [0.5, 0.6) is 5.75 Å². The molecule has 5 aromatic rings. The number of nitrogens with two attached hydrogens (primary N) is 1. The number of fused-ring (bicyclic) bond motifs is 2. The van der Waals surface area contributed by atoms with E-state index >= 15 is 4.39 Å². The van der Waals surface area contributed by atoms with E-state index in [9.17, 15) is 4.79 Å². The second-order valence-corrected chi connectivity index (χ2v) is 10.5. The van der Waals surface area contributed by atoms with E-state index in [-0.39, 0.29) is 31.2 Å². The zero-order valence-corrected chi connectivity index (χ0v) is 23.3. The molecule has 0 spiro atoms. The van der Waals surface area contributed by atoms with E-state index in [2.05, 4.69) is 20.9 Å². The zero-order valence-electron chi connectivity index (χ0n) is 21.7. The normalized spacial score (nSPS) is 12.5. The van der Waals surface area contributed by atoms with Crippen LogP contribution in [0, 0.1) is 5.82 Å². The Bertz CT molecular complexity index is 1730. The smallest absolute Gasteiger partial charge is 0.233 e. The van der Waals surface area contributed by atoms with Gasteiger partial charge in [-0.1, -0.05) is 46.3 Å². The topological polar surface area (TPSA) is 91.2 Å². The van der Waals surface area contributed by atoms with Crippen molar-refractivity contribution in [3.8, 4) is 17.0 Å². The zero-order chi connectivity index (χ0) is 27.8. The number of nitrogens with zero attached hydrogens (tertiary/aromatic N) is 5. The minimum Gasteiger partial charge on any atom is -0.495 e. The molecule has 0 aliphatic carbocycles. The van der Waals surface area contributed by atoms with Crippen LogP contribution in [0.1, 0.15) is 22.6 Å². The highest BCUT2D eigenvalue weighted by Gasteiger charge is 2.28. The molecule has 40 heavy (non-hydrogen) atoms. The van der Waals surface area contributed by atoms with Crippen molar-refractivity contribution in [2.45, 2.75) is 26.1 Å². The molecule has 202 valence electrons. The Hall–Kier alpha value is -4.44. The first-order valence-corrected chi connectivity index (χ1v) is 13.5. The summed E-state index contributed by atoms with van der Waals surface area (Å²) in [5, 5.41) is 0. The van der Waals surface area contributed by atoms with Crippen LogP contribution >= 0.6 is 15.9 Å².